The molecule has 1 amide bonds. The molecule has 1 aromatic heterocycles. The van der Waals surface area contributed by atoms with Crippen LogP contribution in [0, 0.1) is 11.7 Å². The van der Waals surface area contributed by atoms with Crippen LogP contribution in [-0.4, -0.2) is 29.7 Å². The molecule has 160 valence electrons. The number of thiazole rings is 1. The number of fused-ring (bicyclic) bond motifs is 1. The summed E-state index contributed by atoms with van der Waals surface area (Å²) in [7, 11) is 0. The zero-order valence-corrected chi connectivity index (χ0v) is 17.2. The van der Waals surface area contributed by atoms with Crippen LogP contribution in [-0.2, 0) is 15.5 Å². The Morgan fingerprint density at radius 2 is 1.97 bits per heavy atom. The average Bonchev–Trinajstić information content (AvgIpc) is 3.08. The fourth-order valence-corrected chi connectivity index (χ4v) is 4.34. The van der Waals surface area contributed by atoms with Gasteiger partial charge in [-0.3, -0.25) is 4.79 Å². The second-order valence-corrected chi connectivity index (χ2v) is 8.76. The van der Waals surface area contributed by atoms with Crippen molar-refractivity contribution in [2.24, 2.45) is 11.7 Å². The van der Waals surface area contributed by atoms with E-state index in [1.807, 2.05) is 6.92 Å². The summed E-state index contributed by atoms with van der Waals surface area (Å²) in [6.07, 6.45) is 3.15. The van der Waals surface area contributed by atoms with Crippen molar-refractivity contribution in [2.45, 2.75) is 64.1 Å². The molecule has 2 aromatic rings. The molecule has 2 N–H and O–H groups in total. The summed E-state index contributed by atoms with van der Waals surface area (Å²) in [6, 6.07) is 2.96. The molecule has 1 heterocycles. The fraction of sp³-hybridized carbons (Fsp3) is 0.600. The maximum absolute atomic E-state index is 14.8. The lowest BCUT2D eigenvalue weighted by Crippen LogP contribution is -2.30. The minimum atomic E-state index is -3.11. The summed E-state index contributed by atoms with van der Waals surface area (Å²) in [5, 5.41) is -0.410. The van der Waals surface area contributed by atoms with E-state index in [1.54, 1.807) is 0 Å². The molecule has 5 nitrogen and oxygen atoms in total. The zero-order chi connectivity index (χ0) is 21.2. The first-order valence-corrected chi connectivity index (χ1v) is 10.5. The minimum absolute atomic E-state index is 0.0616. The molecule has 1 aliphatic carbocycles. The van der Waals surface area contributed by atoms with E-state index in [-0.39, 0.29) is 40.0 Å². The number of ether oxygens (including phenoxy) is 2. The molecule has 0 aliphatic heterocycles. The Morgan fingerprint density at radius 3 is 2.59 bits per heavy atom. The van der Waals surface area contributed by atoms with E-state index in [0.29, 0.717) is 37.2 Å². The van der Waals surface area contributed by atoms with Crippen LogP contribution in [0.15, 0.2) is 12.1 Å². The molecule has 0 saturated heterocycles. The molecule has 1 aliphatic rings. The fourth-order valence-electron chi connectivity index (χ4n) is 3.42. The maximum atomic E-state index is 14.8. The van der Waals surface area contributed by atoms with Gasteiger partial charge in [0.2, 0.25) is 5.91 Å². The number of carbonyl (C=O) groups excluding carboxylic acids is 1. The van der Waals surface area contributed by atoms with Crippen molar-refractivity contribution < 1.29 is 27.4 Å². The number of nitrogens with two attached hydrogens (primary N) is 1. The smallest absolute Gasteiger partial charge is 0.296 e. The standard InChI is InChI=1S/C20H25F3N2O3S/c1-11(9-16(24)26)10-27-12-3-5-13(6-4-12)28-15-8-7-14-18(17(15)21)29-19(25-14)20(2,22)23/h7-8,11-13H,3-6,9-10H2,1-2H3,(H2,24,26)/t11-,12?,13?/m1/s1. The predicted octanol–water partition coefficient (Wildman–Crippen LogP) is 4.77. The number of nitrogens with zero attached hydrogens (tertiary/aromatic N) is 1. The van der Waals surface area contributed by atoms with Crippen molar-refractivity contribution in [3.05, 3.63) is 23.0 Å². The lowest BCUT2D eigenvalue weighted by Gasteiger charge is -2.29. The molecule has 1 saturated carbocycles. The number of alkyl halides is 2. The summed E-state index contributed by atoms with van der Waals surface area (Å²) in [5.41, 5.74) is 5.39. The van der Waals surface area contributed by atoms with Crippen molar-refractivity contribution in [3.63, 3.8) is 0 Å². The summed E-state index contributed by atoms with van der Waals surface area (Å²) in [6.45, 7) is 3.13. The third-order valence-electron chi connectivity index (χ3n) is 4.92. The highest BCUT2D eigenvalue weighted by atomic mass is 32.1. The Bertz CT molecular complexity index is 861. The molecular formula is C20H25F3N2O3S. The van der Waals surface area contributed by atoms with Crippen molar-refractivity contribution in [1.29, 1.82) is 0 Å². The van der Waals surface area contributed by atoms with Crippen LogP contribution in [0.4, 0.5) is 13.2 Å². The summed E-state index contributed by atoms with van der Waals surface area (Å²) < 4.78 is 53.4. The van der Waals surface area contributed by atoms with Gasteiger partial charge in [0.1, 0.15) is 0 Å². The predicted molar refractivity (Wildman–Crippen MR) is 105 cm³/mol. The van der Waals surface area contributed by atoms with Crippen LogP contribution in [0.1, 0.15) is 51.0 Å². The Kier molecular flexibility index (Phi) is 6.68. The number of amides is 1. The van der Waals surface area contributed by atoms with E-state index in [4.69, 9.17) is 15.2 Å². The SMILES string of the molecule is C[C@@H](COC1CCC(Oc2ccc3nc(C(C)(F)F)sc3c2F)CC1)CC(N)=O. The van der Waals surface area contributed by atoms with E-state index in [2.05, 4.69) is 4.98 Å². The van der Waals surface area contributed by atoms with E-state index in [9.17, 15) is 18.0 Å². The molecule has 0 bridgehead atoms. The number of rotatable bonds is 8. The van der Waals surface area contributed by atoms with Gasteiger partial charge in [-0.1, -0.05) is 6.92 Å². The maximum Gasteiger partial charge on any atom is 0.296 e. The monoisotopic (exact) mass is 430 g/mol. The van der Waals surface area contributed by atoms with Crippen LogP contribution >= 0.6 is 11.3 Å². The summed E-state index contributed by atoms with van der Waals surface area (Å²) >= 11 is 0.652. The first-order valence-electron chi connectivity index (χ1n) is 9.67. The van der Waals surface area contributed by atoms with Crippen LogP contribution < -0.4 is 10.5 Å². The molecule has 0 radical (unpaired) electrons. The van der Waals surface area contributed by atoms with Gasteiger partial charge >= 0.3 is 0 Å². The van der Waals surface area contributed by atoms with Gasteiger partial charge in [0.05, 0.1) is 22.4 Å². The highest BCUT2D eigenvalue weighted by molar-refractivity contribution is 7.18. The number of hydrogen-bond donors (Lipinski definition) is 1. The van der Waals surface area contributed by atoms with Gasteiger partial charge in [-0.15, -0.1) is 11.3 Å². The van der Waals surface area contributed by atoms with Gasteiger partial charge in [-0.2, -0.15) is 8.78 Å². The largest absolute Gasteiger partial charge is 0.487 e. The molecule has 3 rings (SSSR count). The highest BCUT2D eigenvalue weighted by Crippen LogP contribution is 2.38. The van der Waals surface area contributed by atoms with Crippen LogP contribution in [0.25, 0.3) is 10.2 Å². The lowest BCUT2D eigenvalue weighted by atomic mass is 9.94. The van der Waals surface area contributed by atoms with Gasteiger partial charge < -0.3 is 15.2 Å². The normalized spacial score (nSPS) is 21.3. The average molecular weight is 430 g/mol. The van der Waals surface area contributed by atoms with Crippen molar-refractivity contribution in [2.75, 3.05) is 6.61 Å². The molecular weight excluding hydrogens is 405 g/mol. The van der Waals surface area contributed by atoms with Gasteiger partial charge in [0, 0.05) is 20.0 Å². The molecule has 0 spiro atoms. The van der Waals surface area contributed by atoms with E-state index < -0.39 is 16.7 Å². The van der Waals surface area contributed by atoms with Crippen molar-refractivity contribution in [3.8, 4) is 5.75 Å². The lowest BCUT2D eigenvalue weighted by molar-refractivity contribution is -0.119. The Balaban J connectivity index is 1.56. The van der Waals surface area contributed by atoms with E-state index in [1.165, 1.54) is 12.1 Å². The summed E-state index contributed by atoms with van der Waals surface area (Å²) in [5.74, 6) is -3.96. The van der Waals surface area contributed by atoms with Gasteiger partial charge in [-0.05, 0) is 43.7 Å². The number of carbonyl (C=O) groups is 1. The molecule has 9 heteroatoms. The zero-order valence-electron chi connectivity index (χ0n) is 16.4. The van der Waals surface area contributed by atoms with Crippen molar-refractivity contribution >= 4 is 27.5 Å². The number of halogens is 3. The number of benzene rings is 1. The Morgan fingerprint density at radius 1 is 1.31 bits per heavy atom. The van der Waals surface area contributed by atoms with E-state index >= 15 is 0 Å². The van der Waals surface area contributed by atoms with E-state index in [0.717, 1.165) is 19.8 Å². The van der Waals surface area contributed by atoms with Crippen LogP contribution in [0.5, 0.6) is 5.75 Å². The van der Waals surface area contributed by atoms with Crippen LogP contribution in [0.2, 0.25) is 0 Å². The quantitative estimate of drug-likeness (QED) is 0.655. The molecule has 1 aromatic carbocycles. The first kappa shape index (κ1) is 21.8. The number of hydrogen-bond acceptors (Lipinski definition) is 5. The summed E-state index contributed by atoms with van der Waals surface area (Å²) in [4.78, 5) is 14.7. The number of aromatic nitrogens is 1. The van der Waals surface area contributed by atoms with Gasteiger partial charge in [0.25, 0.3) is 5.92 Å². The van der Waals surface area contributed by atoms with Crippen LogP contribution in [0.3, 0.4) is 0 Å². The number of primary amides is 1. The molecule has 1 fully saturated rings. The topological polar surface area (TPSA) is 74.4 Å². The molecule has 1 atom stereocenters. The first-order chi connectivity index (χ1) is 13.6. The van der Waals surface area contributed by atoms with Crippen molar-refractivity contribution in [1.82, 2.24) is 4.98 Å². The Hall–Kier alpha value is -1.87. The highest BCUT2D eigenvalue weighted by Gasteiger charge is 2.30. The minimum Gasteiger partial charge on any atom is -0.487 e. The second kappa shape index (κ2) is 8.87. The second-order valence-electron chi connectivity index (χ2n) is 7.76. The molecule has 29 heavy (non-hydrogen) atoms. The molecule has 0 unspecified atom stereocenters. The van der Waals surface area contributed by atoms with Gasteiger partial charge in [0.15, 0.2) is 16.6 Å². The third kappa shape index (κ3) is 5.60. The van der Waals surface area contributed by atoms with Gasteiger partial charge in [-0.25, -0.2) is 9.37 Å². The third-order valence-corrected chi connectivity index (χ3v) is 6.15. The Labute approximate surface area is 171 Å².